The summed E-state index contributed by atoms with van der Waals surface area (Å²) in [6.07, 6.45) is 3.62. The molecule has 6 rings (SSSR count). The summed E-state index contributed by atoms with van der Waals surface area (Å²) >= 11 is 0. The van der Waals surface area contributed by atoms with E-state index in [0.717, 1.165) is 33.1 Å². The molecule has 0 radical (unpaired) electrons. The van der Waals surface area contributed by atoms with Crippen molar-refractivity contribution >= 4 is 33.6 Å². The molecule has 0 aliphatic rings. The van der Waals surface area contributed by atoms with Crippen molar-refractivity contribution in [1.29, 1.82) is 0 Å². The van der Waals surface area contributed by atoms with E-state index in [0.29, 0.717) is 18.2 Å². The minimum Gasteiger partial charge on any atom is -0.456 e. The van der Waals surface area contributed by atoms with Gasteiger partial charge >= 0.3 is 0 Å². The Kier molecular flexibility index (Phi) is 9.28. The van der Waals surface area contributed by atoms with Crippen molar-refractivity contribution in [3.8, 4) is 0 Å². The summed E-state index contributed by atoms with van der Waals surface area (Å²) in [5, 5.41) is 2.18. The Morgan fingerprint density at radius 3 is 1.88 bits per heavy atom. The molecule has 0 saturated heterocycles. The lowest BCUT2D eigenvalue weighted by atomic mass is 9.78. The fourth-order valence-electron chi connectivity index (χ4n) is 5.01. The van der Waals surface area contributed by atoms with Crippen LogP contribution in [0.15, 0.2) is 160 Å². The van der Waals surface area contributed by atoms with Gasteiger partial charge in [0.05, 0.1) is 6.54 Å². The van der Waals surface area contributed by atoms with Crippen LogP contribution in [0, 0.1) is 0 Å². The molecule has 214 valence electrons. The number of benzene rings is 5. The maximum atomic E-state index is 6.02. The summed E-state index contributed by atoms with van der Waals surface area (Å²) < 4.78 is 6.01. The highest BCUT2D eigenvalue weighted by Crippen LogP contribution is 2.31. The van der Waals surface area contributed by atoms with Gasteiger partial charge in [-0.05, 0) is 47.9 Å². The van der Waals surface area contributed by atoms with Gasteiger partial charge in [0.25, 0.3) is 0 Å². The number of hydrogen-bond acceptors (Lipinski definition) is 2. The van der Waals surface area contributed by atoms with Crippen molar-refractivity contribution < 1.29 is 4.42 Å². The Morgan fingerprint density at radius 2 is 1.26 bits per heavy atom. The molecule has 0 bridgehead atoms. The summed E-state index contributed by atoms with van der Waals surface area (Å²) in [6, 6.07) is 45.4. The van der Waals surface area contributed by atoms with Crippen LogP contribution in [0.1, 0.15) is 43.0 Å². The van der Waals surface area contributed by atoms with Crippen LogP contribution < -0.4 is 5.73 Å². The van der Waals surface area contributed by atoms with Crippen LogP contribution in [-0.2, 0) is 12.0 Å². The number of nitrogens with two attached hydrogens (primary N) is 1. The number of furan rings is 1. The van der Waals surface area contributed by atoms with Gasteiger partial charge in [-0.15, -0.1) is 0 Å². The number of para-hydroxylation sites is 1. The van der Waals surface area contributed by atoms with E-state index in [1.54, 1.807) is 6.08 Å². The number of hydrogen-bond donors (Lipinski definition) is 1. The molecule has 43 heavy (non-hydrogen) atoms. The quantitative estimate of drug-likeness (QED) is 0.162. The van der Waals surface area contributed by atoms with Gasteiger partial charge < -0.3 is 10.2 Å². The second-order valence-electron chi connectivity index (χ2n) is 10.8. The zero-order chi connectivity index (χ0) is 30.1. The largest absolute Gasteiger partial charge is 0.456 e. The lowest BCUT2D eigenvalue weighted by Gasteiger charge is -2.25. The van der Waals surface area contributed by atoms with Crippen molar-refractivity contribution in [3.05, 3.63) is 168 Å². The molecule has 0 aliphatic carbocycles. The van der Waals surface area contributed by atoms with E-state index >= 15 is 0 Å². The van der Waals surface area contributed by atoms with Crippen LogP contribution in [-0.4, -0.2) is 11.7 Å². The van der Waals surface area contributed by atoms with E-state index in [4.69, 9.17) is 15.1 Å². The van der Waals surface area contributed by atoms with Crippen molar-refractivity contribution in [2.45, 2.75) is 32.7 Å². The van der Waals surface area contributed by atoms with Gasteiger partial charge in [0.2, 0.25) is 0 Å². The van der Waals surface area contributed by atoms with Crippen molar-refractivity contribution in [1.82, 2.24) is 0 Å². The standard InChI is InChI=1S/C24H21N3O.C15H16/c1-2-8-23(25)27-24(26-16-17-9-4-3-5-10-17)18-13-14-20-19-11-6-7-12-21(19)28-22(20)15-18;1-15(2,13-9-5-3-6-10-13)14-11-7-4-8-12-14/h2-15H,16H2,1H3,(H2,25,26,27);3-12H,1-2H3/b8-2+;. The summed E-state index contributed by atoms with van der Waals surface area (Å²) in [4.78, 5) is 9.25. The van der Waals surface area contributed by atoms with Crippen LogP contribution in [0.25, 0.3) is 21.9 Å². The Bertz CT molecular complexity index is 1820. The maximum Gasteiger partial charge on any atom is 0.157 e. The number of fused-ring (bicyclic) bond motifs is 3. The molecule has 4 heteroatoms. The van der Waals surface area contributed by atoms with Crippen molar-refractivity contribution in [3.63, 3.8) is 0 Å². The lowest BCUT2D eigenvalue weighted by Crippen LogP contribution is -2.18. The smallest absolute Gasteiger partial charge is 0.157 e. The van der Waals surface area contributed by atoms with Crippen LogP contribution in [0.2, 0.25) is 0 Å². The molecular formula is C39H37N3O. The predicted octanol–water partition coefficient (Wildman–Crippen LogP) is 9.48. The third kappa shape index (κ3) is 7.17. The second kappa shape index (κ2) is 13.6. The number of rotatable bonds is 6. The highest BCUT2D eigenvalue weighted by Gasteiger charge is 2.21. The second-order valence-corrected chi connectivity index (χ2v) is 10.8. The number of amidine groups is 2. The first kappa shape index (κ1) is 29.3. The van der Waals surface area contributed by atoms with E-state index in [-0.39, 0.29) is 5.41 Å². The minimum atomic E-state index is 0.0858. The lowest BCUT2D eigenvalue weighted by molar-refractivity contribution is 0.641. The molecule has 1 heterocycles. The van der Waals surface area contributed by atoms with Crippen LogP contribution in [0.4, 0.5) is 0 Å². The summed E-state index contributed by atoms with van der Waals surface area (Å²) in [5.74, 6) is 1.00. The van der Waals surface area contributed by atoms with Crippen LogP contribution in [0.5, 0.6) is 0 Å². The topological polar surface area (TPSA) is 63.9 Å². The molecule has 0 unspecified atom stereocenters. The molecule has 0 aliphatic heterocycles. The van der Waals surface area contributed by atoms with Gasteiger partial charge in [0.1, 0.15) is 17.0 Å². The first-order chi connectivity index (χ1) is 21.0. The molecule has 0 saturated carbocycles. The fourth-order valence-corrected chi connectivity index (χ4v) is 5.01. The molecule has 5 aromatic carbocycles. The van der Waals surface area contributed by atoms with Gasteiger partial charge in [-0.1, -0.05) is 135 Å². The number of nitrogens with zero attached hydrogens (tertiary/aromatic N) is 2. The van der Waals surface area contributed by atoms with Crippen molar-refractivity contribution in [2.24, 2.45) is 15.7 Å². The van der Waals surface area contributed by atoms with Crippen LogP contribution >= 0.6 is 0 Å². The molecule has 0 amide bonds. The van der Waals surface area contributed by atoms with E-state index in [1.807, 2.05) is 73.7 Å². The molecule has 2 N–H and O–H groups in total. The maximum absolute atomic E-state index is 6.02. The minimum absolute atomic E-state index is 0.0858. The normalized spacial score (nSPS) is 12.4. The average Bonchev–Trinajstić information content (AvgIpc) is 3.43. The molecule has 0 spiro atoms. The van der Waals surface area contributed by atoms with E-state index in [2.05, 4.69) is 91.6 Å². The highest BCUT2D eigenvalue weighted by molar-refractivity contribution is 6.12. The van der Waals surface area contributed by atoms with Gasteiger partial charge in [0, 0.05) is 21.8 Å². The third-order valence-corrected chi connectivity index (χ3v) is 7.45. The van der Waals surface area contributed by atoms with Crippen LogP contribution in [0.3, 0.4) is 0 Å². The molecule has 1 aromatic heterocycles. The molecule has 4 nitrogen and oxygen atoms in total. The highest BCUT2D eigenvalue weighted by atomic mass is 16.3. The predicted molar refractivity (Wildman–Crippen MR) is 182 cm³/mol. The molecular weight excluding hydrogens is 526 g/mol. The van der Waals surface area contributed by atoms with E-state index in [1.165, 1.54) is 11.1 Å². The van der Waals surface area contributed by atoms with Gasteiger partial charge in [-0.25, -0.2) is 4.99 Å². The SMILES string of the molecule is C/C=C/C(N)=NC(=NCc1ccccc1)c1ccc2c(c1)oc1ccccc12.CC(C)(c1ccccc1)c1ccccc1. The number of aliphatic imine (C=N–C) groups is 2. The first-order valence-corrected chi connectivity index (χ1v) is 14.5. The number of allylic oxidation sites excluding steroid dienone is 1. The van der Waals surface area contributed by atoms with E-state index in [9.17, 15) is 0 Å². The Balaban J connectivity index is 0.000000207. The first-order valence-electron chi connectivity index (χ1n) is 14.5. The zero-order valence-corrected chi connectivity index (χ0v) is 24.9. The van der Waals surface area contributed by atoms with Gasteiger partial charge in [-0.3, -0.25) is 4.99 Å². The summed E-state index contributed by atoms with van der Waals surface area (Å²) in [6.45, 7) is 6.96. The molecule has 0 atom stereocenters. The summed E-state index contributed by atoms with van der Waals surface area (Å²) in [7, 11) is 0. The van der Waals surface area contributed by atoms with E-state index < -0.39 is 0 Å². The van der Waals surface area contributed by atoms with Crippen molar-refractivity contribution in [2.75, 3.05) is 0 Å². The third-order valence-electron chi connectivity index (χ3n) is 7.45. The Labute approximate surface area is 253 Å². The van der Waals surface area contributed by atoms with Gasteiger partial charge in [-0.2, -0.15) is 0 Å². The monoisotopic (exact) mass is 563 g/mol. The Hall–Kier alpha value is -5.22. The molecule has 0 fully saturated rings. The Morgan fingerprint density at radius 1 is 0.698 bits per heavy atom. The molecule has 6 aromatic rings. The zero-order valence-electron chi connectivity index (χ0n) is 24.9. The average molecular weight is 564 g/mol. The fraction of sp³-hybridized carbons (Fsp3) is 0.128. The summed E-state index contributed by atoms with van der Waals surface area (Å²) in [5.41, 5.74) is 12.5. The van der Waals surface area contributed by atoms with Gasteiger partial charge in [0.15, 0.2) is 5.84 Å².